The fourth-order valence-electron chi connectivity index (χ4n) is 8.54. The van der Waals surface area contributed by atoms with Gasteiger partial charge in [0.15, 0.2) is 0 Å². The summed E-state index contributed by atoms with van der Waals surface area (Å²) in [6, 6.07) is 0. The maximum absolute atomic E-state index is 13.3. The van der Waals surface area contributed by atoms with Crippen LogP contribution in [0.1, 0.15) is 26.7 Å². The van der Waals surface area contributed by atoms with E-state index in [9.17, 15) is 19.2 Å². The van der Waals surface area contributed by atoms with Crippen LogP contribution in [0.3, 0.4) is 0 Å². The van der Waals surface area contributed by atoms with Crippen molar-refractivity contribution in [2.75, 3.05) is 7.11 Å². The highest BCUT2D eigenvalue weighted by molar-refractivity contribution is 9.09. The Morgan fingerprint density at radius 1 is 1.31 bits per heavy atom. The number of carbonyl (C=O) groups excluding carboxylic acids is 4. The van der Waals surface area contributed by atoms with E-state index in [4.69, 9.17) is 14.2 Å². The Bertz CT molecular complexity index is 959. The Hall–Kier alpha value is -1.70. The predicted octanol–water partition coefficient (Wildman–Crippen LogP) is 1.57. The number of carbonyl (C=O) groups is 4. The summed E-state index contributed by atoms with van der Waals surface area (Å²) in [6.07, 6.45) is 4.00. The third kappa shape index (κ3) is 1.43. The number of Topliss-reactive ketones (excluding diaryl/α,β-unsaturated/α-hetero) is 1. The molecule has 7 nitrogen and oxygen atoms in total. The van der Waals surface area contributed by atoms with Crippen molar-refractivity contribution in [2.45, 2.75) is 43.2 Å². The number of hydrogen-bond donors (Lipinski definition) is 0. The van der Waals surface area contributed by atoms with Gasteiger partial charge in [-0.05, 0) is 31.9 Å². The summed E-state index contributed by atoms with van der Waals surface area (Å²) in [4.78, 5) is 51.2. The minimum Gasteiger partial charge on any atom is -0.469 e. The normalized spacial score (nSPS) is 57.1. The van der Waals surface area contributed by atoms with E-state index in [-0.39, 0.29) is 22.4 Å². The van der Waals surface area contributed by atoms with Crippen LogP contribution in [0.5, 0.6) is 0 Å². The van der Waals surface area contributed by atoms with Crippen molar-refractivity contribution in [3.8, 4) is 0 Å². The molecule has 29 heavy (non-hydrogen) atoms. The molecule has 0 aromatic rings. The van der Waals surface area contributed by atoms with Crippen LogP contribution in [-0.2, 0) is 33.4 Å². The lowest BCUT2D eigenvalue weighted by Gasteiger charge is -2.47. The standard InChI is InChI=1S/C21H21BrO7/c1-8(23)28-11-4-5-20-14(18(11,2)17(26)29-20)12(16(25)27-3)19-7-9-6-10(22)21(19,20)15(19)13(9)24/h4-5,9-12,14-15H,6-7H2,1-3H3/t9-,10+,11+,12-,14-,15?,18-,19-,20+,21+/m1/s1. The summed E-state index contributed by atoms with van der Waals surface area (Å²) in [5.74, 6) is -2.83. The van der Waals surface area contributed by atoms with Crippen LogP contribution < -0.4 is 0 Å². The quantitative estimate of drug-likeness (QED) is 0.264. The molecule has 10 atom stereocenters. The van der Waals surface area contributed by atoms with Crippen LogP contribution in [0.15, 0.2) is 12.2 Å². The molecule has 1 heterocycles. The Balaban J connectivity index is 1.63. The molecule has 1 aliphatic heterocycles. The van der Waals surface area contributed by atoms with Crippen LogP contribution in [0.4, 0.5) is 0 Å². The smallest absolute Gasteiger partial charge is 0.317 e. The molecule has 0 amide bonds. The van der Waals surface area contributed by atoms with Crippen LogP contribution >= 0.6 is 15.9 Å². The summed E-state index contributed by atoms with van der Waals surface area (Å²) in [5.41, 5.74) is -3.51. The van der Waals surface area contributed by atoms with Crippen molar-refractivity contribution in [3.05, 3.63) is 12.2 Å². The number of alkyl halides is 1. The average molecular weight is 465 g/mol. The minimum atomic E-state index is -1.21. The molecule has 7 rings (SSSR count). The Labute approximate surface area is 175 Å². The number of ether oxygens (including phenoxy) is 3. The van der Waals surface area contributed by atoms with Crippen LogP contribution in [0.25, 0.3) is 0 Å². The first-order valence-electron chi connectivity index (χ1n) is 10.00. The number of fused-ring (bicyclic) bond motifs is 1. The number of methoxy groups -OCH3 is 1. The van der Waals surface area contributed by atoms with E-state index >= 15 is 0 Å². The topological polar surface area (TPSA) is 96.0 Å². The largest absolute Gasteiger partial charge is 0.469 e. The predicted molar refractivity (Wildman–Crippen MR) is 99.4 cm³/mol. The molecule has 154 valence electrons. The summed E-state index contributed by atoms with van der Waals surface area (Å²) in [6.45, 7) is 3.01. The van der Waals surface area contributed by atoms with Crippen molar-refractivity contribution in [1.82, 2.24) is 0 Å². The molecule has 6 bridgehead atoms. The van der Waals surface area contributed by atoms with E-state index in [0.29, 0.717) is 12.8 Å². The van der Waals surface area contributed by atoms with Crippen molar-refractivity contribution in [1.29, 1.82) is 0 Å². The highest BCUT2D eigenvalue weighted by Gasteiger charge is 3.04. The molecule has 0 aromatic carbocycles. The molecule has 7 aliphatic rings. The fraction of sp³-hybridized carbons (Fsp3) is 0.714. The number of halogens is 1. The number of esters is 3. The van der Waals surface area contributed by atoms with Crippen molar-refractivity contribution in [3.63, 3.8) is 0 Å². The van der Waals surface area contributed by atoms with Gasteiger partial charge in [-0.2, -0.15) is 0 Å². The molecule has 1 unspecified atom stereocenters. The number of hydrogen-bond acceptors (Lipinski definition) is 7. The van der Waals surface area contributed by atoms with E-state index in [1.807, 2.05) is 6.08 Å². The third-order valence-electron chi connectivity index (χ3n) is 9.12. The minimum absolute atomic E-state index is 0.0429. The van der Waals surface area contributed by atoms with E-state index in [0.717, 1.165) is 0 Å². The van der Waals surface area contributed by atoms with Gasteiger partial charge in [-0.25, -0.2) is 0 Å². The lowest BCUT2D eigenvalue weighted by molar-refractivity contribution is -0.164. The van der Waals surface area contributed by atoms with Gasteiger partial charge in [0.25, 0.3) is 0 Å². The fourth-order valence-corrected chi connectivity index (χ4v) is 10.0. The van der Waals surface area contributed by atoms with Crippen LogP contribution in [0.2, 0.25) is 0 Å². The third-order valence-corrected chi connectivity index (χ3v) is 10.2. The second-order valence-corrected chi connectivity index (χ2v) is 10.8. The summed E-state index contributed by atoms with van der Waals surface area (Å²) >= 11 is 3.82. The second-order valence-electron chi connectivity index (χ2n) is 9.68. The molecule has 2 spiro atoms. The van der Waals surface area contributed by atoms with Gasteiger partial charge in [0, 0.05) is 40.3 Å². The first kappa shape index (κ1) is 18.1. The lowest BCUT2D eigenvalue weighted by Crippen LogP contribution is -2.57. The zero-order valence-electron chi connectivity index (χ0n) is 16.3. The van der Waals surface area contributed by atoms with E-state index in [1.165, 1.54) is 14.0 Å². The number of ketones is 1. The Morgan fingerprint density at radius 2 is 2.03 bits per heavy atom. The molecule has 0 aromatic heterocycles. The molecule has 1 saturated heterocycles. The van der Waals surface area contributed by atoms with Crippen molar-refractivity contribution >= 4 is 39.6 Å². The lowest BCUT2D eigenvalue weighted by atomic mass is 9.57. The maximum atomic E-state index is 13.3. The molecule has 0 N–H and O–H groups in total. The molecule has 5 saturated carbocycles. The Kier molecular flexibility index (Phi) is 2.99. The molecule has 6 fully saturated rings. The van der Waals surface area contributed by atoms with Gasteiger partial charge in [0.1, 0.15) is 22.9 Å². The van der Waals surface area contributed by atoms with E-state index in [1.54, 1.807) is 13.0 Å². The zero-order valence-corrected chi connectivity index (χ0v) is 17.9. The van der Waals surface area contributed by atoms with Gasteiger partial charge in [0.2, 0.25) is 0 Å². The van der Waals surface area contributed by atoms with Gasteiger partial charge in [0.05, 0.1) is 13.0 Å². The first-order chi connectivity index (χ1) is 13.6. The van der Waals surface area contributed by atoms with E-state index < -0.39 is 57.7 Å². The second kappa shape index (κ2) is 4.79. The maximum Gasteiger partial charge on any atom is 0.317 e. The average Bonchev–Trinajstić information content (AvgIpc) is 3.05. The van der Waals surface area contributed by atoms with Gasteiger partial charge in [-0.1, -0.05) is 15.9 Å². The summed E-state index contributed by atoms with van der Waals surface area (Å²) in [5, 5.41) is 0. The first-order valence-corrected chi connectivity index (χ1v) is 10.9. The number of rotatable bonds is 2. The van der Waals surface area contributed by atoms with Gasteiger partial charge in [-0.15, -0.1) is 0 Å². The van der Waals surface area contributed by atoms with Gasteiger partial charge >= 0.3 is 17.9 Å². The molecule has 0 radical (unpaired) electrons. The molecule has 8 heteroatoms. The monoisotopic (exact) mass is 464 g/mol. The van der Waals surface area contributed by atoms with Crippen molar-refractivity contribution in [2.24, 2.45) is 39.9 Å². The molecule has 6 aliphatic carbocycles. The van der Waals surface area contributed by atoms with Crippen LogP contribution in [-0.4, -0.2) is 47.3 Å². The van der Waals surface area contributed by atoms with Crippen LogP contribution in [0, 0.1) is 39.9 Å². The van der Waals surface area contributed by atoms with Gasteiger partial charge in [-0.3, -0.25) is 19.2 Å². The summed E-state index contributed by atoms with van der Waals surface area (Å²) < 4.78 is 16.9. The van der Waals surface area contributed by atoms with E-state index in [2.05, 4.69) is 15.9 Å². The highest BCUT2D eigenvalue weighted by atomic mass is 79.9. The Morgan fingerprint density at radius 3 is 2.69 bits per heavy atom. The SMILES string of the molecule is COC(=O)[C@H]1[C@@H]2[C@]3(C)C(=O)O[C@]2(C=C[C@@H]3OC(C)=O)[C@]23C4C(=O)[C@H](C[C@@H]2Br)C[C@]413. The highest BCUT2D eigenvalue weighted by Crippen LogP contribution is 2.96. The van der Waals surface area contributed by atoms with Gasteiger partial charge < -0.3 is 14.2 Å². The zero-order chi connectivity index (χ0) is 20.7. The molecular formula is C21H21BrO7. The molecular weight excluding hydrogens is 444 g/mol. The van der Waals surface area contributed by atoms with Crippen molar-refractivity contribution < 1.29 is 33.4 Å². The summed E-state index contributed by atoms with van der Waals surface area (Å²) in [7, 11) is 1.34.